The highest BCUT2D eigenvalue weighted by molar-refractivity contribution is 7.16. The van der Waals surface area contributed by atoms with Crippen molar-refractivity contribution in [2.24, 2.45) is 5.73 Å². The molecule has 4 N–H and O–H groups in total. The zero-order valence-corrected chi connectivity index (χ0v) is 16.9. The molecular weight excluding hydrogens is 404 g/mol. The molecule has 2 amide bonds. The van der Waals surface area contributed by atoms with Crippen LogP contribution in [0.5, 0.6) is 0 Å². The number of thiazole rings is 1. The summed E-state index contributed by atoms with van der Waals surface area (Å²) in [6.45, 7) is 4.74. The van der Waals surface area contributed by atoms with Gasteiger partial charge in [0.05, 0.1) is 15.7 Å². The molecule has 2 aromatic heterocycles. The first-order valence-corrected chi connectivity index (χ1v) is 10.2. The molecule has 154 valence electrons. The summed E-state index contributed by atoms with van der Waals surface area (Å²) in [6, 6.07) is 5.58. The van der Waals surface area contributed by atoms with Gasteiger partial charge in [0, 0.05) is 24.8 Å². The Labute approximate surface area is 176 Å². The van der Waals surface area contributed by atoms with Crippen molar-refractivity contribution in [1.82, 2.24) is 25.1 Å². The number of nitrogens with zero attached hydrogens (tertiary/aromatic N) is 5. The number of carbonyl (C=O) groups is 2. The Kier molecular flexibility index (Phi) is 5.53. The summed E-state index contributed by atoms with van der Waals surface area (Å²) in [5.41, 5.74) is 8.76. The van der Waals surface area contributed by atoms with Gasteiger partial charge >= 0.3 is 0 Å². The first-order valence-electron chi connectivity index (χ1n) is 9.36. The van der Waals surface area contributed by atoms with Crippen molar-refractivity contribution in [3.05, 3.63) is 42.1 Å². The van der Waals surface area contributed by atoms with Gasteiger partial charge in [-0.05, 0) is 37.1 Å². The molecule has 0 saturated carbocycles. The molecule has 0 aliphatic carbocycles. The van der Waals surface area contributed by atoms with Crippen LogP contribution < -0.4 is 16.4 Å². The molecule has 1 aromatic carbocycles. The number of hydrogen-bond donors (Lipinski definition) is 3. The molecule has 30 heavy (non-hydrogen) atoms. The fourth-order valence-corrected chi connectivity index (χ4v) is 4.03. The van der Waals surface area contributed by atoms with Crippen molar-refractivity contribution in [2.75, 3.05) is 23.7 Å². The molecule has 1 aliphatic heterocycles. The van der Waals surface area contributed by atoms with E-state index in [2.05, 4.69) is 37.4 Å². The van der Waals surface area contributed by atoms with Gasteiger partial charge in [-0.2, -0.15) is 4.98 Å². The van der Waals surface area contributed by atoms with E-state index in [1.807, 2.05) is 18.2 Å². The molecule has 1 aliphatic rings. The largest absolute Gasteiger partial charge is 0.364 e. The Bertz CT molecular complexity index is 1110. The van der Waals surface area contributed by atoms with Crippen LogP contribution in [0.4, 0.5) is 17.5 Å². The average Bonchev–Trinajstić information content (AvgIpc) is 3.21. The summed E-state index contributed by atoms with van der Waals surface area (Å²) in [5, 5.41) is 14.2. The van der Waals surface area contributed by atoms with Crippen molar-refractivity contribution in [3.8, 4) is 0 Å². The lowest BCUT2D eigenvalue weighted by Crippen LogP contribution is -2.44. The summed E-state index contributed by atoms with van der Waals surface area (Å²) >= 11 is 1.51. The number of piperidine rings is 1. The summed E-state index contributed by atoms with van der Waals surface area (Å²) in [7, 11) is 0. The lowest BCUT2D eigenvalue weighted by molar-refractivity contribution is -0.127. The van der Waals surface area contributed by atoms with Crippen molar-refractivity contribution < 1.29 is 9.59 Å². The predicted octanol–water partition coefficient (Wildman–Crippen LogP) is 1.91. The fourth-order valence-electron chi connectivity index (χ4n) is 3.32. The van der Waals surface area contributed by atoms with Gasteiger partial charge in [0.2, 0.25) is 11.9 Å². The van der Waals surface area contributed by atoms with Crippen LogP contribution in [0.1, 0.15) is 23.3 Å². The molecule has 0 bridgehead atoms. The molecular formula is C19H20N8O2S. The highest BCUT2D eigenvalue weighted by Gasteiger charge is 2.23. The monoisotopic (exact) mass is 424 g/mol. The van der Waals surface area contributed by atoms with Gasteiger partial charge < -0.3 is 21.3 Å². The quantitative estimate of drug-likeness (QED) is 0.510. The van der Waals surface area contributed by atoms with E-state index in [0.29, 0.717) is 13.1 Å². The Morgan fingerprint density at radius 2 is 2.20 bits per heavy atom. The van der Waals surface area contributed by atoms with Gasteiger partial charge in [-0.25, -0.2) is 4.98 Å². The molecule has 4 rings (SSSR count). The molecule has 0 unspecified atom stereocenters. The maximum absolute atomic E-state index is 11.9. The molecule has 3 aromatic rings. The number of hydrogen-bond acceptors (Lipinski definition) is 9. The van der Waals surface area contributed by atoms with Gasteiger partial charge in [-0.3, -0.25) is 9.59 Å². The second kappa shape index (κ2) is 8.41. The van der Waals surface area contributed by atoms with Crippen LogP contribution in [0.2, 0.25) is 0 Å². The molecule has 10 nitrogen and oxygen atoms in total. The van der Waals surface area contributed by atoms with Crippen LogP contribution >= 0.6 is 11.3 Å². The maximum Gasteiger partial charge on any atom is 0.273 e. The van der Waals surface area contributed by atoms with Gasteiger partial charge in [0.1, 0.15) is 0 Å². The predicted molar refractivity (Wildman–Crippen MR) is 115 cm³/mol. The third kappa shape index (κ3) is 4.20. The van der Waals surface area contributed by atoms with Crippen molar-refractivity contribution in [2.45, 2.75) is 18.9 Å². The van der Waals surface area contributed by atoms with E-state index in [0.717, 1.165) is 28.7 Å². The van der Waals surface area contributed by atoms with Gasteiger partial charge in [-0.15, -0.1) is 21.5 Å². The zero-order valence-electron chi connectivity index (χ0n) is 16.0. The maximum atomic E-state index is 11.9. The van der Waals surface area contributed by atoms with Crippen molar-refractivity contribution in [1.29, 1.82) is 0 Å². The van der Waals surface area contributed by atoms with Crippen LogP contribution in [-0.4, -0.2) is 56.0 Å². The first kappa shape index (κ1) is 19.7. The molecule has 0 spiro atoms. The number of anilines is 3. The minimum Gasteiger partial charge on any atom is -0.364 e. The Balaban J connectivity index is 1.55. The number of carbonyl (C=O) groups excluding carboxylic acids is 2. The fraction of sp³-hybridized carbons (Fsp3) is 0.263. The molecule has 1 atom stereocenters. The number of nitrogens with two attached hydrogens (primary N) is 1. The molecule has 0 radical (unpaired) electrons. The second-order valence-corrected chi connectivity index (χ2v) is 7.71. The smallest absolute Gasteiger partial charge is 0.273 e. The summed E-state index contributed by atoms with van der Waals surface area (Å²) < 4.78 is 0.996. The Morgan fingerprint density at radius 3 is 3.00 bits per heavy atom. The minimum absolute atomic E-state index is 0.0368. The summed E-state index contributed by atoms with van der Waals surface area (Å²) in [6.07, 6.45) is 3.01. The summed E-state index contributed by atoms with van der Waals surface area (Å²) in [4.78, 5) is 34.1. The number of benzene rings is 1. The number of likely N-dealkylation sites (tertiary alicyclic amines) is 1. The van der Waals surface area contributed by atoms with E-state index in [1.165, 1.54) is 17.4 Å². The average molecular weight is 424 g/mol. The van der Waals surface area contributed by atoms with E-state index >= 15 is 0 Å². The lowest BCUT2D eigenvalue weighted by atomic mass is 10.1. The standard InChI is InChI=1S/C19H20N8O2S/c1-2-15(28)27-7-3-4-12(9-27)23-19-24-18(16(17(20)29)25-26-19)22-11-5-6-13-14(8-11)30-10-21-13/h2,5-6,8,10,12H,1,3-4,7,9H2,(H2,20,29)(H2,22,23,24,26)/t12-/m1/s1. The molecule has 3 heterocycles. The van der Waals surface area contributed by atoms with Crippen LogP contribution in [-0.2, 0) is 4.79 Å². The number of nitrogens with one attached hydrogen (secondary N) is 2. The number of primary amides is 1. The number of rotatable bonds is 6. The van der Waals surface area contributed by atoms with Crippen LogP contribution in [0, 0.1) is 0 Å². The number of amides is 2. The van der Waals surface area contributed by atoms with Gasteiger partial charge in [-0.1, -0.05) is 6.58 Å². The lowest BCUT2D eigenvalue weighted by Gasteiger charge is -2.32. The number of fused-ring (bicyclic) bond motifs is 1. The minimum atomic E-state index is -0.733. The van der Waals surface area contributed by atoms with Crippen molar-refractivity contribution in [3.63, 3.8) is 0 Å². The van der Waals surface area contributed by atoms with Crippen LogP contribution in [0.15, 0.2) is 36.4 Å². The molecule has 1 fully saturated rings. The van der Waals surface area contributed by atoms with Gasteiger partial charge in [0.15, 0.2) is 11.5 Å². The Hall–Kier alpha value is -3.60. The Morgan fingerprint density at radius 1 is 1.33 bits per heavy atom. The normalized spacial score (nSPS) is 16.3. The van der Waals surface area contributed by atoms with Crippen LogP contribution in [0.3, 0.4) is 0 Å². The third-order valence-electron chi connectivity index (χ3n) is 4.76. The first-order chi connectivity index (χ1) is 14.5. The SMILES string of the molecule is C=CC(=O)N1CCC[C@@H](Nc2nnc(C(N)=O)c(Nc3ccc4ncsc4c3)n2)C1. The van der Waals surface area contributed by atoms with E-state index in [4.69, 9.17) is 5.73 Å². The third-order valence-corrected chi connectivity index (χ3v) is 5.55. The van der Waals surface area contributed by atoms with E-state index in [-0.39, 0.29) is 29.4 Å². The van der Waals surface area contributed by atoms with Crippen molar-refractivity contribution >= 4 is 50.8 Å². The summed E-state index contributed by atoms with van der Waals surface area (Å²) in [5.74, 6) is -0.383. The molecule has 11 heteroatoms. The zero-order chi connectivity index (χ0) is 21.1. The van der Waals surface area contributed by atoms with E-state index in [9.17, 15) is 9.59 Å². The topological polar surface area (TPSA) is 139 Å². The van der Waals surface area contributed by atoms with Gasteiger partial charge in [0.25, 0.3) is 5.91 Å². The second-order valence-electron chi connectivity index (χ2n) is 6.83. The number of aromatic nitrogens is 4. The molecule has 1 saturated heterocycles. The highest BCUT2D eigenvalue weighted by atomic mass is 32.1. The van der Waals surface area contributed by atoms with E-state index in [1.54, 1.807) is 10.4 Å². The van der Waals surface area contributed by atoms with E-state index < -0.39 is 5.91 Å². The highest BCUT2D eigenvalue weighted by Crippen LogP contribution is 2.25. The van der Waals surface area contributed by atoms with Crippen LogP contribution in [0.25, 0.3) is 10.2 Å².